The van der Waals surface area contributed by atoms with Crippen molar-refractivity contribution in [2.75, 3.05) is 0 Å². The van der Waals surface area contributed by atoms with Crippen molar-refractivity contribution in [2.24, 2.45) is 14.1 Å². The Labute approximate surface area is 206 Å². The summed E-state index contributed by atoms with van der Waals surface area (Å²) in [6.45, 7) is -2.64. The molecule has 3 aromatic carbocycles. The van der Waals surface area contributed by atoms with Gasteiger partial charge in [0.15, 0.2) is 6.20 Å². The van der Waals surface area contributed by atoms with E-state index >= 15 is 0 Å². The van der Waals surface area contributed by atoms with Crippen molar-refractivity contribution in [1.82, 2.24) is 4.57 Å². The fourth-order valence-electron chi connectivity index (χ4n) is 5.88. The highest BCUT2D eigenvalue weighted by atomic mass is 15.0. The van der Waals surface area contributed by atoms with Gasteiger partial charge in [-0.2, -0.15) is 4.57 Å². The average Bonchev–Trinajstić information content (AvgIpc) is 3.45. The molecule has 0 unspecified atom stereocenters. The molecule has 2 heteroatoms. The van der Waals surface area contributed by atoms with Crippen molar-refractivity contribution in [2.45, 2.75) is 52.2 Å². The SMILES string of the molecule is [2H]C([2H])([2H])c1ccc(-c2c3c(c(C([2H])([2H])[2H])c[n+]2C)c2ccc4cc(C5([2H])CCCC5)ccc4c2n3C)c(C)c1. The molecule has 1 saturated carbocycles. The summed E-state index contributed by atoms with van der Waals surface area (Å²) in [4.78, 5) is 0. The number of hydrogen-bond donors (Lipinski definition) is 0. The molecule has 0 amide bonds. The van der Waals surface area contributed by atoms with Crippen molar-refractivity contribution in [3.63, 3.8) is 0 Å². The molecule has 0 aliphatic heterocycles. The van der Waals surface area contributed by atoms with E-state index in [0.717, 1.165) is 75.3 Å². The molecule has 0 atom stereocenters. The number of hydrogen-bond acceptors (Lipinski definition) is 0. The summed E-state index contributed by atoms with van der Waals surface area (Å²) in [7, 11) is 3.82. The van der Waals surface area contributed by atoms with Gasteiger partial charge in [-0.1, -0.05) is 60.9 Å². The van der Waals surface area contributed by atoms with Crippen LogP contribution in [-0.2, 0) is 14.1 Å². The molecule has 6 rings (SSSR count). The summed E-state index contributed by atoms with van der Waals surface area (Å²) in [6, 6.07) is 15.5. The van der Waals surface area contributed by atoms with E-state index in [-0.39, 0.29) is 11.1 Å². The smallest absolute Gasteiger partial charge is 0.237 e. The van der Waals surface area contributed by atoms with Gasteiger partial charge in [-0.25, -0.2) is 0 Å². The molecular weight excluding hydrogens is 400 g/mol. The third-order valence-electron chi connectivity index (χ3n) is 7.43. The molecule has 1 aliphatic carbocycles. The topological polar surface area (TPSA) is 8.81 Å². The Hall–Kier alpha value is -3.13. The number of aromatic nitrogens is 2. The molecule has 0 bridgehead atoms. The fourth-order valence-corrected chi connectivity index (χ4v) is 5.88. The molecule has 166 valence electrons. The Balaban J connectivity index is 1.70. The molecule has 0 radical (unpaired) electrons. The van der Waals surface area contributed by atoms with E-state index in [9.17, 15) is 0 Å². The van der Waals surface area contributed by atoms with Crippen molar-refractivity contribution >= 4 is 32.6 Å². The molecule has 1 fully saturated rings. The quantitative estimate of drug-likeness (QED) is 0.250. The van der Waals surface area contributed by atoms with Gasteiger partial charge in [0.05, 0.1) is 11.1 Å². The first-order chi connectivity index (χ1) is 18.7. The molecule has 1 aliphatic rings. The number of nitrogens with zero attached hydrogens (tertiary/aromatic N) is 2. The Morgan fingerprint density at radius 3 is 2.52 bits per heavy atom. The summed E-state index contributed by atoms with van der Waals surface area (Å²) in [5, 5.41) is 3.60. The van der Waals surface area contributed by atoms with Crippen molar-refractivity contribution in [1.29, 1.82) is 0 Å². The third-order valence-corrected chi connectivity index (χ3v) is 7.43. The van der Waals surface area contributed by atoms with Crippen LogP contribution in [-0.4, -0.2) is 4.57 Å². The van der Waals surface area contributed by atoms with Crippen LogP contribution in [0.25, 0.3) is 43.8 Å². The van der Waals surface area contributed by atoms with Gasteiger partial charge in [0.25, 0.3) is 0 Å². The van der Waals surface area contributed by atoms with Crippen LogP contribution in [0.1, 0.15) is 63.4 Å². The van der Waals surface area contributed by atoms with Crippen LogP contribution in [0.5, 0.6) is 0 Å². The highest BCUT2D eigenvalue weighted by molar-refractivity contribution is 6.20. The molecule has 2 nitrogen and oxygen atoms in total. The van der Waals surface area contributed by atoms with Crippen LogP contribution in [0.4, 0.5) is 0 Å². The summed E-state index contributed by atoms with van der Waals surface area (Å²) in [5.74, 6) is -0.546. The normalized spacial score (nSPS) is 19.7. The first-order valence-corrected chi connectivity index (χ1v) is 11.7. The summed E-state index contributed by atoms with van der Waals surface area (Å²) in [6.07, 6.45) is 5.59. The Morgan fingerprint density at radius 1 is 0.939 bits per heavy atom. The number of rotatable bonds is 2. The second kappa shape index (κ2) is 7.45. The van der Waals surface area contributed by atoms with Gasteiger partial charge >= 0.3 is 0 Å². The van der Waals surface area contributed by atoms with Crippen molar-refractivity contribution < 1.29 is 14.2 Å². The second-order valence-electron chi connectivity index (χ2n) is 9.52. The minimum atomic E-state index is -2.33. The second-order valence-corrected chi connectivity index (χ2v) is 9.52. The zero-order valence-electron chi connectivity index (χ0n) is 26.4. The van der Waals surface area contributed by atoms with Crippen LogP contribution in [0, 0.1) is 20.6 Å². The minimum Gasteiger partial charge on any atom is -0.338 e. The first-order valence-electron chi connectivity index (χ1n) is 15.2. The van der Waals surface area contributed by atoms with E-state index in [0.29, 0.717) is 5.39 Å². The standard InChI is InChI=1S/C31H33N2/c1-19-10-13-25(20(2)16-19)30-31-28(21(3)18-32(30)4)27-15-12-24-17-23(22-8-6-7-9-22)11-14-26(24)29(27)33(31)5/h10-18,22H,6-9H2,1-5H3/q+1/i1D3,3D3,22D. The van der Waals surface area contributed by atoms with Gasteiger partial charge in [0.1, 0.15) is 12.6 Å². The van der Waals surface area contributed by atoms with Crippen LogP contribution in [0.2, 0.25) is 0 Å². The summed E-state index contributed by atoms with van der Waals surface area (Å²) < 4.78 is 61.6. The predicted octanol–water partition coefficient (Wildman–Crippen LogP) is 7.56. The van der Waals surface area contributed by atoms with E-state index in [4.69, 9.17) is 9.60 Å². The number of benzene rings is 3. The highest BCUT2D eigenvalue weighted by Crippen LogP contribution is 2.41. The van der Waals surface area contributed by atoms with Gasteiger partial charge in [-0.3, -0.25) is 0 Å². The lowest BCUT2D eigenvalue weighted by molar-refractivity contribution is -0.659. The molecule has 2 heterocycles. The summed E-state index contributed by atoms with van der Waals surface area (Å²) in [5.41, 5.74) is 5.83. The highest BCUT2D eigenvalue weighted by Gasteiger charge is 2.25. The van der Waals surface area contributed by atoms with Crippen LogP contribution in [0.3, 0.4) is 0 Å². The Morgan fingerprint density at radius 2 is 1.76 bits per heavy atom. The molecule has 0 spiro atoms. The zero-order chi connectivity index (χ0) is 28.8. The molecule has 2 aromatic heterocycles. The molecule has 33 heavy (non-hydrogen) atoms. The monoisotopic (exact) mass is 440 g/mol. The largest absolute Gasteiger partial charge is 0.338 e. The van der Waals surface area contributed by atoms with Crippen LogP contribution >= 0.6 is 0 Å². The van der Waals surface area contributed by atoms with Gasteiger partial charge in [0.2, 0.25) is 5.69 Å². The van der Waals surface area contributed by atoms with E-state index in [1.165, 1.54) is 0 Å². The third kappa shape index (κ3) is 3.04. The zero-order valence-corrected chi connectivity index (χ0v) is 19.4. The Kier molecular flexibility index (Phi) is 3.21. The fraction of sp³-hybridized carbons (Fsp3) is 0.323. The first kappa shape index (κ1) is 14.2. The molecule has 0 N–H and O–H groups in total. The Bertz CT molecular complexity index is 1820. The molecule has 0 saturated heterocycles. The lowest BCUT2D eigenvalue weighted by Gasteiger charge is -2.12. The minimum absolute atomic E-state index is 0.278. The van der Waals surface area contributed by atoms with Crippen molar-refractivity contribution in [3.05, 3.63) is 77.0 Å². The van der Waals surface area contributed by atoms with E-state index in [2.05, 4.69) is 22.8 Å². The van der Waals surface area contributed by atoms with Gasteiger partial charge in [-0.15, -0.1) is 0 Å². The number of fused-ring (bicyclic) bond motifs is 5. The lowest BCUT2D eigenvalue weighted by atomic mass is 9.94. The van der Waals surface area contributed by atoms with Gasteiger partial charge in [-0.05, 0) is 61.9 Å². The summed E-state index contributed by atoms with van der Waals surface area (Å²) >= 11 is 0. The number of pyridine rings is 1. The van der Waals surface area contributed by atoms with E-state index < -0.39 is 19.6 Å². The van der Waals surface area contributed by atoms with Crippen LogP contribution in [0.15, 0.2) is 54.7 Å². The van der Waals surface area contributed by atoms with E-state index in [1.54, 1.807) is 18.3 Å². The maximum Gasteiger partial charge on any atom is 0.237 e. The van der Waals surface area contributed by atoms with E-state index in [1.807, 2.05) is 43.8 Å². The maximum absolute atomic E-state index is 9.00. The number of aryl methyl sites for hydroxylation is 5. The van der Waals surface area contributed by atoms with Crippen LogP contribution < -0.4 is 4.57 Å². The van der Waals surface area contributed by atoms with Crippen molar-refractivity contribution in [3.8, 4) is 11.3 Å². The maximum atomic E-state index is 9.00. The molecule has 5 aromatic rings. The lowest BCUT2D eigenvalue weighted by Crippen LogP contribution is -2.32. The predicted molar refractivity (Wildman–Crippen MR) is 140 cm³/mol. The average molecular weight is 441 g/mol. The molecular formula is C31H33N2+. The van der Waals surface area contributed by atoms with Gasteiger partial charge in [0, 0.05) is 38.4 Å². The van der Waals surface area contributed by atoms with Gasteiger partial charge < -0.3 is 4.57 Å².